The highest BCUT2D eigenvalue weighted by atomic mass is 35.5. The van der Waals surface area contributed by atoms with Gasteiger partial charge >= 0.3 is 6.09 Å². The Balaban J connectivity index is 0.00000105. The van der Waals surface area contributed by atoms with Crippen molar-refractivity contribution in [2.75, 3.05) is 38.2 Å². The van der Waals surface area contributed by atoms with Gasteiger partial charge in [0.15, 0.2) is 0 Å². The van der Waals surface area contributed by atoms with Crippen LogP contribution < -0.4 is 15.4 Å². The Morgan fingerprint density at radius 1 is 1.19 bits per heavy atom. The van der Waals surface area contributed by atoms with E-state index in [1.54, 1.807) is 24.1 Å². The molecular formula is C17H25Cl2N3O4. The fourth-order valence-corrected chi connectivity index (χ4v) is 2.85. The predicted molar refractivity (Wildman–Crippen MR) is 103 cm³/mol. The van der Waals surface area contributed by atoms with Crippen LogP contribution in [0.1, 0.15) is 20.8 Å². The molecule has 7 nitrogen and oxygen atoms in total. The van der Waals surface area contributed by atoms with Crippen molar-refractivity contribution < 1.29 is 19.1 Å². The van der Waals surface area contributed by atoms with Gasteiger partial charge in [-0.05, 0) is 32.9 Å². The molecular weight excluding hydrogens is 381 g/mol. The smallest absolute Gasteiger partial charge is 0.410 e. The SMILES string of the molecule is COc1ccc(Cl)c(Cl)c1N1CCN(C(=O)OC(C)(C)C)CC1.NC=O. The van der Waals surface area contributed by atoms with Gasteiger partial charge in [-0.15, -0.1) is 0 Å². The van der Waals surface area contributed by atoms with Crippen molar-refractivity contribution in [3.8, 4) is 5.75 Å². The minimum Gasteiger partial charge on any atom is -0.495 e. The Kier molecular flexibility index (Phi) is 8.30. The number of methoxy groups -OCH3 is 1. The van der Waals surface area contributed by atoms with Crippen LogP contribution in [0.4, 0.5) is 10.5 Å². The first kappa shape index (κ1) is 22.2. The summed E-state index contributed by atoms with van der Waals surface area (Å²) in [5.41, 5.74) is 4.44. The number of hydrogen-bond acceptors (Lipinski definition) is 5. The number of carbonyl (C=O) groups is 2. The molecule has 2 rings (SSSR count). The van der Waals surface area contributed by atoms with Crippen LogP contribution in [0, 0.1) is 0 Å². The third-order valence-corrected chi connectivity index (χ3v) is 4.29. The summed E-state index contributed by atoms with van der Waals surface area (Å²) in [4.78, 5) is 24.5. The lowest BCUT2D eigenvalue weighted by Gasteiger charge is -2.37. The summed E-state index contributed by atoms with van der Waals surface area (Å²) in [5.74, 6) is 0.671. The molecule has 1 heterocycles. The number of piperazine rings is 1. The van der Waals surface area contributed by atoms with Crippen molar-refractivity contribution in [3.05, 3.63) is 22.2 Å². The quantitative estimate of drug-likeness (QED) is 0.763. The number of carbonyl (C=O) groups excluding carboxylic acids is 2. The number of anilines is 1. The first-order valence-electron chi connectivity index (χ1n) is 8.04. The molecule has 0 aliphatic carbocycles. The van der Waals surface area contributed by atoms with Gasteiger partial charge in [-0.2, -0.15) is 0 Å². The van der Waals surface area contributed by atoms with E-state index in [0.717, 1.165) is 5.69 Å². The standard InChI is InChI=1S/C16H22Cl2N2O3.CH3NO/c1-16(2,3)23-15(21)20-9-7-19(8-10-20)14-12(22-4)6-5-11(17)13(14)18;2-1-3/h5-6H,7-10H2,1-4H3;1H,(H2,2,3). The predicted octanol–water partition coefficient (Wildman–Crippen LogP) is 3.16. The largest absolute Gasteiger partial charge is 0.495 e. The van der Waals surface area contributed by atoms with Gasteiger partial charge in [0, 0.05) is 26.2 Å². The highest BCUT2D eigenvalue weighted by molar-refractivity contribution is 6.44. The minimum absolute atomic E-state index is 0.250. The fourth-order valence-electron chi connectivity index (χ4n) is 2.42. The van der Waals surface area contributed by atoms with E-state index >= 15 is 0 Å². The van der Waals surface area contributed by atoms with Gasteiger partial charge in [-0.3, -0.25) is 4.79 Å². The normalized spacial score (nSPS) is 14.2. The summed E-state index contributed by atoms with van der Waals surface area (Å²) in [6.07, 6.45) is -0.0405. The second-order valence-electron chi connectivity index (χ2n) is 6.50. The van der Waals surface area contributed by atoms with Crippen LogP contribution in [0.3, 0.4) is 0 Å². The van der Waals surface area contributed by atoms with E-state index in [4.69, 9.17) is 37.5 Å². The van der Waals surface area contributed by atoms with Crippen LogP contribution in [-0.4, -0.2) is 56.3 Å². The topological polar surface area (TPSA) is 85.1 Å². The summed E-state index contributed by atoms with van der Waals surface area (Å²) in [6.45, 7) is 7.96. The van der Waals surface area contributed by atoms with Crippen molar-refractivity contribution in [2.24, 2.45) is 5.73 Å². The van der Waals surface area contributed by atoms with Crippen LogP contribution >= 0.6 is 23.2 Å². The summed E-state index contributed by atoms with van der Waals surface area (Å²) < 4.78 is 10.8. The Bertz CT molecular complexity index is 627. The van der Waals surface area contributed by atoms with Gasteiger partial charge in [0.05, 0.1) is 22.8 Å². The summed E-state index contributed by atoms with van der Waals surface area (Å²) >= 11 is 12.5. The summed E-state index contributed by atoms with van der Waals surface area (Å²) in [6, 6.07) is 3.51. The minimum atomic E-state index is -0.492. The van der Waals surface area contributed by atoms with E-state index in [-0.39, 0.29) is 12.5 Å². The van der Waals surface area contributed by atoms with E-state index in [2.05, 4.69) is 10.6 Å². The van der Waals surface area contributed by atoms with Crippen LogP contribution in [0.2, 0.25) is 10.0 Å². The van der Waals surface area contributed by atoms with Crippen molar-refractivity contribution in [1.29, 1.82) is 0 Å². The number of nitrogens with zero attached hydrogens (tertiary/aromatic N) is 2. The van der Waals surface area contributed by atoms with Gasteiger partial charge in [0.2, 0.25) is 6.41 Å². The Morgan fingerprint density at radius 2 is 1.73 bits per heavy atom. The molecule has 0 spiro atoms. The average molecular weight is 406 g/mol. The second-order valence-corrected chi connectivity index (χ2v) is 7.29. The lowest BCUT2D eigenvalue weighted by atomic mass is 10.2. The van der Waals surface area contributed by atoms with E-state index < -0.39 is 5.60 Å². The molecule has 2 amide bonds. The number of benzene rings is 1. The molecule has 26 heavy (non-hydrogen) atoms. The monoisotopic (exact) mass is 405 g/mol. The number of nitrogens with two attached hydrogens (primary N) is 1. The van der Waals surface area contributed by atoms with E-state index in [0.29, 0.717) is 42.0 Å². The molecule has 1 aromatic carbocycles. The maximum Gasteiger partial charge on any atom is 0.410 e. The molecule has 1 fully saturated rings. The molecule has 0 unspecified atom stereocenters. The zero-order valence-electron chi connectivity index (χ0n) is 15.4. The number of rotatable bonds is 2. The first-order valence-corrected chi connectivity index (χ1v) is 8.80. The molecule has 0 bridgehead atoms. The molecule has 1 aliphatic heterocycles. The van der Waals surface area contributed by atoms with Crippen molar-refractivity contribution >= 4 is 41.4 Å². The van der Waals surface area contributed by atoms with Gasteiger partial charge in [-0.1, -0.05) is 23.2 Å². The number of hydrogen-bond donors (Lipinski definition) is 1. The van der Waals surface area contributed by atoms with E-state index in [9.17, 15) is 4.79 Å². The van der Waals surface area contributed by atoms with Crippen LogP contribution in [-0.2, 0) is 9.53 Å². The lowest BCUT2D eigenvalue weighted by molar-refractivity contribution is -0.106. The van der Waals surface area contributed by atoms with E-state index in [1.165, 1.54) is 0 Å². The highest BCUT2D eigenvalue weighted by Crippen LogP contribution is 2.40. The number of primary amides is 1. The van der Waals surface area contributed by atoms with E-state index in [1.807, 2.05) is 20.8 Å². The zero-order chi connectivity index (χ0) is 19.9. The molecule has 146 valence electrons. The summed E-state index contributed by atoms with van der Waals surface area (Å²) in [5, 5.41) is 0.953. The maximum atomic E-state index is 12.1. The summed E-state index contributed by atoms with van der Waals surface area (Å²) in [7, 11) is 1.60. The van der Waals surface area contributed by atoms with Crippen molar-refractivity contribution in [2.45, 2.75) is 26.4 Å². The van der Waals surface area contributed by atoms with Gasteiger partial charge in [0.25, 0.3) is 0 Å². The number of amides is 2. The first-order chi connectivity index (χ1) is 12.1. The zero-order valence-corrected chi connectivity index (χ0v) is 16.9. The highest BCUT2D eigenvalue weighted by Gasteiger charge is 2.28. The van der Waals surface area contributed by atoms with Gasteiger partial charge in [0.1, 0.15) is 11.4 Å². The van der Waals surface area contributed by atoms with Crippen molar-refractivity contribution in [3.63, 3.8) is 0 Å². The van der Waals surface area contributed by atoms with Crippen LogP contribution in [0.5, 0.6) is 5.75 Å². The molecule has 1 aliphatic rings. The molecule has 1 saturated heterocycles. The van der Waals surface area contributed by atoms with Crippen molar-refractivity contribution in [1.82, 2.24) is 4.90 Å². The Hall–Kier alpha value is -1.86. The molecule has 0 radical (unpaired) electrons. The molecule has 1 aromatic rings. The van der Waals surface area contributed by atoms with Gasteiger partial charge < -0.3 is 25.0 Å². The van der Waals surface area contributed by atoms with Gasteiger partial charge in [-0.25, -0.2) is 4.79 Å². The third-order valence-electron chi connectivity index (χ3n) is 3.50. The Labute approximate surface area is 163 Å². The number of ether oxygens (including phenoxy) is 2. The molecule has 9 heteroatoms. The third kappa shape index (κ3) is 6.14. The van der Waals surface area contributed by atoms with Crippen LogP contribution in [0.15, 0.2) is 12.1 Å². The fraction of sp³-hybridized carbons (Fsp3) is 0.529. The maximum absolute atomic E-state index is 12.1. The lowest BCUT2D eigenvalue weighted by Crippen LogP contribution is -2.50. The molecule has 0 saturated carbocycles. The van der Waals surface area contributed by atoms with Crippen LogP contribution in [0.25, 0.3) is 0 Å². The average Bonchev–Trinajstić information content (AvgIpc) is 2.56. The molecule has 2 N–H and O–H groups in total. The molecule has 0 atom stereocenters. The molecule has 0 aromatic heterocycles. The Morgan fingerprint density at radius 3 is 2.19 bits per heavy atom. The number of halogens is 2. The second kappa shape index (κ2) is 9.73.